The summed E-state index contributed by atoms with van der Waals surface area (Å²) in [4.78, 5) is 0. The maximum atomic E-state index is 4.16. The van der Waals surface area contributed by atoms with Gasteiger partial charge in [0.15, 0.2) is 0 Å². The maximum absolute atomic E-state index is 4.16. The molecule has 0 saturated heterocycles. The van der Waals surface area contributed by atoms with Crippen molar-refractivity contribution >= 4 is 5.57 Å². The third-order valence-corrected chi connectivity index (χ3v) is 4.47. The molecular weight excluding hydrogens is 276 g/mol. The van der Waals surface area contributed by atoms with Crippen molar-refractivity contribution in [2.24, 2.45) is 5.92 Å². The van der Waals surface area contributed by atoms with Crippen molar-refractivity contribution in [2.75, 3.05) is 0 Å². The van der Waals surface area contributed by atoms with Crippen LogP contribution in [-0.4, -0.2) is 0 Å². The van der Waals surface area contributed by atoms with E-state index in [2.05, 4.69) is 76.4 Å². The van der Waals surface area contributed by atoms with E-state index in [9.17, 15) is 0 Å². The van der Waals surface area contributed by atoms with Crippen LogP contribution < -0.4 is 0 Å². The fourth-order valence-electron chi connectivity index (χ4n) is 3.03. The third kappa shape index (κ3) is 4.45. The minimum Gasteiger partial charge on any atom is -0.103 e. The quantitative estimate of drug-likeness (QED) is 0.491. The van der Waals surface area contributed by atoms with Gasteiger partial charge in [-0.1, -0.05) is 67.6 Å². The van der Waals surface area contributed by atoms with Crippen LogP contribution in [0.4, 0.5) is 0 Å². The topological polar surface area (TPSA) is 0 Å². The summed E-state index contributed by atoms with van der Waals surface area (Å²) in [6.45, 7) is 14.6. The normalized spacial score (nSPS) is 12.0. The minimum absolute atomic E-state index is 0.690. The number of hydrogen-bond acceptors (Lipinski definition) is 0. The van der Waals surface area contributed by atoms with Gasteiger partial charge in [-0.3, -0.25) is 0 Å². The number of rotatable bonds is 7. The highest BCUT2D eigenvalue weighted by Crippen LogP contribution is 2.32. The zero-order chi connectivity index (χ0) is 16.8. The van der Waals surface area contributed by atoms with Gasteiger partial charge in [-0.15, -0.1) is 6.58 Å². The Balaban J connectivity index is 2.35. The molecule has 0 N–H and O–H groups in total. The molecule has 0 aliphatic rings. The summed E-state index contributed by atoms with van der Waals surface area (Å²) in [7, 11) is 0. The van der Waals surface area contributed by atoms with E-state index in [-0.39, 0.29) is 0 Å². The minimum atomic E-state index is 0.690. The Morgan fingerprint density at radius 3 is 2.52 bits per heavy atom. The molecule has 2 rings (SSSR count). The summed E-state index contributed by atoms with van der Waals surface area (Å²) < 4.78 is 0. The largest absolute Gasteiger partial charge is 0.103 e. The zero-order valence-corrected chi connectivity index (χ0v) is 14.7. The first-order valence-electron chi connectivity index (χ1n) is 8.48. The standard InChI is InChI=1S/C23H28/c1-6-9-18(4)12-13-20-14-15-21(17(2)3)23(16-20)22-11-8-7-10-19(22)5/h6-8,10-11,14-16,18H,1-2,9,12-13H2,3-5H3. The van der Waals surface area contributed by atoms with Gasteiger partial charge >= 0.3 is 0 Å². The average Bonchev–Trinajstić information content (AvgIpc) is 2.53. The highest BCUT2D eigenvalue weighted by atomic mass is 14.1. The molecule has 23 heavy (non-hydrogen) atoms. The van der Waals surface area contributed by atoms with Crippen LogP contribution in [0, 0.1) is 12.8 Å². The molecule has 1 atom stereocenters. The molecule has 0 aliphatic carbocycles. The molecule has 1 unspecified atom stereocenters. The predicted octanol–water partition coefficient (Wildman–Crippen LogP) is 6.84. The first-order chi connectivity index (χ1) is 11.0. The van der Waals surface area contributed by atoms with Crippen molar-refractivity contribution in [1.82, 2.24) is 0 Å². The molecular formula is C23H28. The third-order valence-electron chi connectivity index (χ3n) is 4.47. The fourth-order valence-corrected chi connectivity index (χ4v) is 3.03. The van der Waals surface area contributed by atoms with Crippen molar-refractivity contribution in [2.45, 2.75) is 40.0 Å². The molecule has 0 spiro atoms. The fraction of sp³-hybridized carbons (Fsp3) is 0.304. The first kappa shape index (κ1) is 17.3. The van der Waals surface area contributed by atoms with Crippen LogP contribution in [0.2, 0.25) is 0 Å². The lowest BCUT2D eigenvalue weighted by atomic mass is 9.89. The van der Waals surface area contributed by atoms with Gasteiger partial charge in [-0.25, -0.2) is 0 Å². The SMILES string of the molecule is C=CCC(C)CCc1ccc(C(=C)C)c(-c2ccccc2C)c1. The Morgan fingerprint density at radius 1 is 1.13 bits per heavy atom. The van der Waals surface area contributed by atoms with E-state index in [1.54, 1.807) is 0 Å². The summed E-state index contributed by atoms with van der Waals surface area (Å²) in [5.74, 6) is 0.690. The van der Waals surface area contributed by atoms with Crippen molar-refractivity contribution in [1.29, 1.82) is 0 Å². The van der Waals surface area contributed by atoms with Gasteiger partial charge in [0, 0.05) is 0 Å². The molecule has 0 fully saturated rings. The lowest BCUT2D eigenvalue weighted by Gasteiger charge is -2.15. The lowest BCUT2D eigenvalue weighted by Crippen LogP contribution is -1.98. The molecule has 120 valence electrons. The van der Waals surface area contributed by atoms with E-state index in [1.807, 2.05) is 6.08 Å². The van der Waals surface area contributed by atoms with E-state index >= 15 is 0 Å². The number of benzene rings is 2. The Hall–Kier alpha value is -2.08. The Bertz CT molecular complexity index is 691. The van der Waals surface area contributed by atoms with Crippen LogP contribution in [0.5, 0.6) is 0 Å². The highest BCUT2D eigenvalue weighted by Gasteiger charge is 2.10. The van der Waals surface area contributed by atoms with E-state index in [0.29, 0.717) is 5.92 Å². The molecule has 0 amide bonds. The van der Waals surface area contributed by atoms with Gasteiger partial charge in [0.1, 0.15) is 0 Å². The molecule has 0 heterocycles. The molecule has 2 aromatic rings. The van der Waals surface area contributed by atoms with Crippen molar-refractivity contribution < 1.29 is 0 Å². The van der Waals surface area contributed by atoms with E-state index < -0.39 is 0 Å². The molecule has 0 heteroatoms. The maximum Gasteiger partial charge on any atom is -0.0104 e. The van der Waals surface area contributed by atoms with Crippen LogP contribution in [0.1, 0.15) is 43.4 Å². The molecule has 2 aromatic carbocycles. The number of aryl methyl sites for hydroxylation is 2. The Kier molecular flexibility index (Phi) is 5.98. The van der Waals surface area contributed by atoms with Gasteiger partial charge in [-0.2, -0.15) is 0 Å². The van der Waals surface area contributed by atoms with Crippen molar-refractivity contribution in [3.63, 3.8) is 0 Å². The second-order valence-electron chi connectivity index (χ2n) is 6.64. The Morgan fingerprint density at radius 2 is 1.87 bits per heavy atom. The Labute approximate surface area is 141 Å². The molecule has 0 nitrogen and oxygen atoms in total. The van der Waals surface area contributed by atoms with Crippen molar-refractivity contribution in [3.05, 3.63) is 78.4 Å². The van der Waals surface area contributed by atoms with Crippen LogP contribution in [0.3, 0.4) is 0 Å². The average molecular weight is 304 g/mol. The monoisotopic (exact) mass is 304 g/mol. The predicted molar refractivity (Wildman–Crippen MR) is 104 cm³/mol. The number of hydrogen-bond donors (Lipinski definition) is 0. The molecule has 0 saturated carbocycles. The second-order valence-corrected chi connectivity index (χ2v) is 6.64. The lowest BCUT2D eigenvalue weighted by molar-refractivity contribution is 0.541. The zero-order valence-electron chi connectivity index (χ0n) is 14.7. The van der Waals surface area contributed by atoms with E-state index in [4.69, 9.17) is 0 Å². The molecule has 0 radical (unpaired) electrons. The smallest absolute Gasteiger partial charge is 0.0104 e. The summed E-state index contributed by atoms with van der Waals surface area (Å²) in [5, 5.41) is 0. The highest BCUT2D eigenvalue weighted by molar-refractivity contribution is 5.81. The van der Waals surface area contributed by atoms with Gasteiger partial charge in [0.2, 0.25) is 0 Å². The van der Waals surface area contributed by atoms with Crippen molar-refractivity contribution in [3.8, 4) is 11.1 Å². The van der Waals surface area contributed by atoms with Gasteiger partial charge in [0.05, 0.1) is 0 Å². The first-order valence-corrected chi connectivity index (χ1v) is 8.48. The summed E-state index contributed by atoms with van der Waals surface area (Å²) in [5.41, 5.74) is 7.71. The second kappa shape index (κ2) is 7.97. The van der Waals surface area contributed by atoms with E-state index in [0.717, 1.165) is 18.4 Å². The summed E-state index contributed by atoms with van der Waals surface area (Å²) in [6, 6.07) is 15.4. The van der Waals surface area contributed by atoms with Crippen LogP contribution in [-0.2, 0) is 6.42 Å². The molecule has 0 bridgehead atoms. The van der Waals surface area contributed by atoms with Gasteiger partial charge < -0.3 is 0 Å². The van der Waals surface area contributed by atoms with Crippen LogP contribution in [0.15, 0.2) is 61.7 Å². The van der Waals surface area contributed by atoms with Crippen LogP contribution in [0.25, 0.3) is 16.7 Å². The van der Waals surface area contributed by atoms with Crippen LogP contribution >= 0.6 is 0 Å². The van der Waals surface area contributed by atoms with Gasteiger partial charge in [-0.05, 0) is 66.8 Å². The van der Waals surface area contributed by atoms with E-state index in [1.165, 1.54) is 34.2 Å². The number of allylic oxidation sites excluding steroid dienone is 2. The summed E-state index contributed by atoms with van der Waals surface area (Å²) >= 11 is 0. The van der Waals surface area contributed by atoms with Gasteiger partial charge in [0.25, 0.3) is 0 Å². The molecule has 0 aliphatic heterocycles. The summed E-state index contributed by atoms with van der Waals surface area (Å²) in [6.07, 6.45) is 5.43. The molecule has 0 aromatic heterocycles.